The number of aliphatic carboxylic acids is 1. The van der Waals surface area contributed by atoms with Crippen LogP contribution >= 0.6 is 0 Å². The Bertz CT molecular complexity index is 397. The average Bonchev–Trinajstić information content (AvgIpc) is 2.40. The first-order valence-electron chi connectivity index (χ1n) is 6.49. The third-order valence-corrected chi connectivity index (χ3v) is 3.43. The Hall–Kier alpha value is -1.55. The van der Waals surface area contributed by atoms with Gasteiger partial charge in [-0.05, 0) is 43.4 Å². The summed E-state index contributed by atoms with van der Waals surface area (Å²) in [4.78, 5) is 13.1. The van der Waals surface area contributed by atoms with E-state index in [-0.39, 0.29) is 0 Å². The smallest absolute Gasteiger partial charge is 0.320 e. The first-order chi connectivity index (χ1) is 8.66. The van der Waals surface area contributed by atoms with Gasteiger partial charge in [0.15, 0.2) is 0 Å². The number of carboxylic acid groups (broad SMARTS) is 1. The highest BCUT2D eigenvalue weighted by Gasteiger charge is 2.13. The summed E-state index contributed by atoms with van der Waals surface area (Å²) in [5.74, 6) is -0.949. The lowest BCUT2D eigenvalue weighted by atomic mass is 10.1. The molecule has 1 fully saturated rings. The van der Waals surface area contributed by atoms with Crippen LogP contribution in [-0.2, 0) is 11.2 Å². The monoisotopic (exact) mass is 248 g/mol. The third kappa shape index (κ3) is 3.23. The number of piperidine rings is 1. The lowest BCUT2D eigenvalue weighted by Crippen LogP contribution is -2.32. The van der Waals surface area contributed by atoms with E-state index in [1.54, 1.807) is 0 Å². The van der Waals surface area contributed by atoms with Crippen LogP contribution in [0.25, 0.3) is 0 Å². The number of hydrogen-bond donors (Lipinski definition) is 2. The lowest BCUT2D eigenvalue weighted by molar-refractivity contribution is -0.138. The molecule has 1 atom stereocenters. The number of benzene rings is 1. The molecular weight excluding hydrogens is 228 g/mol. The van der Waals surface area contributed by atoms with Gasteiger partial charge < -0.3 is 15.7 Å². The molecule has 0 aliphatic carbocycles. The second-order valence-corrected chi connectivity index (χ2v) is 4.86. The molecule has 3 N–H and O–H groups in total. The maximum atomic E-state index is 10.7. The molecule has 0 aromatic heterocycles. The van der Waals surface area contributed by atoms with Crippen molar-refractivity contribution in [3.63, 3.8) is 0 Å². The Kier molecular flexibility index (Phi) is 4.20. The van der Waals surface area contributed by atoms with Crippen molar-refractivity contribution in [2.45, 2.75) is 31.7 Å². The molecule has 1 heterocycles. The van der Waals surface area contributed by atoms with Gasteiger partial charge in [-0.1, -0.05) is 12.1 Å². The Balaban J connectivity index is 1.98. The molecule has 1 aromatic carbocycles. The largest absolute Gasteiger partial charge is 0.480 e. The highest BCUT2D eigenvalue weighted by molar-refractivity contribution is 5.73. The molecule has 1 aromatic rings. The molecule has 2 rings (SSSR count). The number of carbonyl (C=O) groups is 1. The predicted octanol–water partition coefficient (Wildman–Crippen LogP) is 1.63. The second kappa shape index (κ2) is 5.87. The Labute approximate surface area is 107 Å². The average molecular weight is 248 g/mol. The van der Waals surface area contributed by atoms with Gasteiger partial charge in [0.2, 0.25) is 0 Å². The molecule has 0 saturated carbocycles. The van der Waals surface area contributed by atoms with Crippen LogP contribution in [0.4, 0.5) is 5.69 Å². The van der Waals surface area contributed by atoms with Gasteiger partial charge in [0.25, 0.3) is 0 Å². The normalized spacial score (nSPS) is 17.5. The summed E-state index contributed by atoms with van der Waals surface area (Å²) in [6.45, 7) is 2.24. The van der Waals surface area contributed by atoms with E-state index in [0.717, 1.165) is 18.7 Å². The highest BCUT2D eigenvalue weighted by atomic mass is 16.4. The minimum Gasteiger partial charge on any atom is -0.480 e. The molecule has 0 spiro atoms. The maximum absolute atomic E-state index is 10.7. The minimum absolute atomic E-state index is 0.385. The molecule has 1 aliphatic heterocycles. The van der Waals surface area contributed by atoms with Crippen molar-refractivity contribution in [2.24, 2.45) is 5.73 Å². The predicted molar refractivity (Wildman–Crippen MR) is 71.8 cm³/mol. The number of hydrogen-bond acceptors (Lipinski definition) is 3. The first-order valence-corrected chi connectivity index (χ1v) is 6.49. The summed E-state index contributed by atoms with van der Waals surface area (Å²) < 4.78 is 0. The van der Waals surface area contributed by atoms with Crippen LogP contribution in [-0.4, -0.2) is 30.2 Å². The minimum atomic E-state index is -0.949. The topological polar surface area (TPSA) is 66.6 Å². The number of nitrogens with zero attached hydrogens (tertiary/aromatic N) is 1. The Morgan fingerprint density at radius 1 is 1.22 bits per heavy atom. The molecular formula is C14H20N2O2. The molecule has 4 heteroatoms. The molecule has 98 valence electrons. The van der Waals surface area contributed by atoms with Crippen LogP contribution in [0.1, 0.15) is 24.8 Å². The standard InChI is InChI=1S/C14H20N2O2/c15-13(14(17)18)10-11-4-6-12(7-5-11)16-8-2-1-3-9-16/h4-7,13H,1-3,8-10,15H2,(H,17,18)/t13-/m0/s1. The van der Waals surface area contributed by atoms with Crippen molar-refractivity contribution in [3.8, 4) is 0 Å². The molecule has 0 bridgehead atoms. The van der Waals surface area contributed by atoms with Crippen molar-refractivity contribution < 1.29 is 9.90 Å². The number of carboxylic acids is 1. The van der Waals surface area contributed by atoms with Crippen molar-refractivity contribution in [1.82, 2.24) is 0 Å². The van der Waals surface area contributed by atoms with Gasteiger partial charge in [-0.3, -0.25) is 4.79 Å². The van der Waals surface area contributed by atoms with E-state index in [2.05, 4.69) is 17.0 Å². The summed E-state index contributed by atoms with van der Waals surface area (Å²) >= 11 is 0. The number of nitrogens with two attached hydrogens (primary N) is 1. The van der Waals surface area contributed by atoms with E-state index in [0.29, 0.717) is 6.42 Å². The quantitative estimate of drug-likeness (QED) is 0.850. The van der Waals surface area contributed by atoms with Crippen molar-refractivity contribution >= 4 is 11.7 Å². The third-order valence-electron chi connectivity index (χ3n) is 3.43. The van der Waals surface area contributed by atoms with E-state index in [1.165, 1.54) is 24.9 Å². The van der Waals surface area contributed by atoms with Crippen LogP contribution in [0.15, 0.2) is 24.3 Å². The molecule has 0 unspecified atom stereocenters. The molecule has 4 nitrogen and oxygen atoms in total. The van der Waals surface area contributed by atoms with E-state index in [4.69, 9.17) is 10.8 Å². The van der Waals surface area contributed by atoms with Crippen LogP contribution < -0.4 is 10.6 Å². The van der Waals surface area contributed by atoms with Gasteiger partial charge in [-0.25, -0.2) is 0 Å². The SMILES string of the molecule is N[C@@H](Cc1ccc(N2CCCCC2)cc1)C(=O)O. The summed E-state index contributed by atoms with van der Waals surface area (Å²) in [6, 6.07) is 7.27. The van der Waals surface area contributed by atoms with Crippen molar-refractivity contribution in [1.29, 1.82) is 0 Å². The van der Waals surface area contributed by atoms with E-state index in [1.807, 2.05) is 12.1 Å². The van der Waals surface area contributed by atoms with Crippen LogP contribution in [0, 0.1) is 0 Å². The zero-order chi connectivity index (χ0) is 13.0. The fraction of sp³-hybridized carbons (Fsp3) is 0.500. The van der Waals surface area contributed by atoms with Gasteiger partial charge >= 0.3 is 5.97 Å². The maximum Gasteiger partial charge on any atom is 0.320 e. The van der Waals surface area contributed by atoms with Crippen LogP contribution in [0.3, 0.4) is 0 Å². The fourth-order valence-electron chi connectivity index (χ4n) is 2.34. The van der Waals surface area contributed by atoms with Crippen molar-refractivity contribution in [3.05, 3.63) is 29.8 Å². The van der Waals surface area contributed by atoms with Gasteiger partial charge in [0, 0.05) is 18.8 Å². The van der Waals surface area contributed by atoms with E-state index >= 15 is 0 Å². The van der Waals surface area contributed by atoms with Crippen LogP contribution in [0.5, 0.6) is 0 Å². The van der Waals surface area contributed by atoms with E-state index < -0.39 is 12.0 Å². The zero-order valence-corrected chi connectivity index (χ0v) is 10.5. The summed E-state index contributed by atoms with van der Waals surface area (Å²) in [5, 5.41) is 8.77. The lowest BCUT2D eigenvalue weighted by Gasteiger charge is -2.28. The molecule has 0 amide bonds. The number of rotatable bonds is 4. The van der Waals surface area contributed by atoms with Gasteiger partial charge in [-0.15, -0.1) is 0 Å². The van der Waals surface area contributed by atoms with Gasteiger partial charge in [0.1, 0.15) is 6.04 Å². The van der Waals surface area contributed by atoms with Gasteiger partial charge in [-0.2, -0.15) is 0 Å². The second-order valence-electron chi connectivity index (χ2n) is 4.86. The Morgan fingerprint density at radius 3 is 2.39 bits per heavy atom. The Morgan fingerprint density at radius 2 is 1.83 bits per heavy atom. The fourth-order valence-corrected chi connectivity index (χ4v) is 2.34. The summed E-state index contributed by atoms with van der Waals surface area (Å²) in [5.41, 5.74) is 7.72. The zero-order valence-electron chi connectivity index (χ0n) is 10.5. The van der Waals surface area contributed by atoms with E-state index in [9.17, 15) is 4.79 Å². The van der Waals surface area contributed by atoms with Gasteiger partial charge in [0.05, 0.1) is 0 Å². The number of anilines is 1. The molecule has 0 radical (unpaired) electrons. The summed E-state index contributed by atoms with van der Waals surface area (Å²) in [6.07, 6.45) is 4.22. The van der Waals surface area contributed by atoms with Crippen LogP contribution in [0.2, 0.25) is 0 Å². The summed E-state index contributed by atoms with van der Waals surface area (Å²) in [7, 11) is 0. The highest BCUT2D eigenvalue weighted by Crippen LogP contribution is 2.20. The first kappa shape index (κ1) is 12.9. The molecule has 18 heavy (non-hydrogen) atoms. The van der Waals surface area contributed by atoms with Crippen molar-refractivity contribution in [2.75, 3.05) is 18.0 Å². The molecule has 1 aliphatic rings. The molecule has 1 saturated heterocycles.